The van der Waals surface area contributed by atoms with Gasteiger partial charge in [0.25, 0.3) is 5.91 Å². The van der Waals surface area contributed by atoms with E-state index in [-0.39, 0.29) is 24.4 Å². The first-order chi connectivity index (χ1) is 12.6. The third kappa shape index (κ3) is 6.43. The van der Waals surface area contributed by atoms with Gasteiger partial charge in [-0.3, -0.25) is 14.5 Å². The van der Waals surface area contributed by atoms with Gasteiger partial charge >= 0.3 is 0 Å². The van der Waals surface area contributed by atoms with Gasteiger partial charge in [0, 0.05) is 38.3 Å². The second kappa shape index (κ2) is 10.5. The van der Waals surface area contributed by atoms with Crippen LogP contribution in [-0.2, 0) is 9.53 Å². The summed E-state index contributed by atoms with van der Waals surface area (Å²) < 4.78 is 18.5. The van der Waals surface area contributed by atoms with Gasteiger partial charge in [-0.2, -0.15) is 5.26 Å². The first kappa shape index (κ1) is 19.8. The standard InChI is InChI=1S/C18H23FN4O3/c19-16-4-1-3-15(13-16)18(25)21-14-17(24)23(6-2-5-20)8-7-22-9-11-26-12-10-22/h1,3-4,13H,2,6-12,14H2,(H,21,25). The Morgan fingerprint density at radius 2 is 2.08 bits per heavy atom. The van der Waals surface area contributed by atoms with Crippen molar-refractivity contribution >= 4 is 11.8 Å². The average Bonchev–Trinajstić information content (AvgIpc) is 2.66. The predicted molar refractivity (Wildman–Crippen MR) is 92.8 cm³/mol. The fraction of sp³-hybridized carbons (Fsp3) is 0.500. The summed E-state index contributed by atoms with van der Waals surface area (Å²) in [5.41, 5.74) is 0.162. The summed E-state index contributed by atoms with van der Waals surface area (Å²) in [6.45, 7) is 4.28. The van der Waals surface area contributed by atoms with Crippen LogP contribution in [0.3, 0.4) is 0 Å². The van der Waals surface area contributed by atoms with Crippen LogP contribution in [0.4, 0.5) is 4.39 Å². The maximum absolute atomic E-state index is 13.2. The summed E-state index contributed by atoms with van der Waals surface area (Å²) in [5, 5.41) is 11.3. The monoisotopic (exact) mass is 362 g/mol. The normalized spacial score (nSPS) is 14.5. The number of ether oxygens (including phenoxy) is 1. The molecule has 0 bridgehead atoms. The molecule has 1 fully saturated rings. The van der Waals surface area contributed by atoms with Gasteiger partial charge in [-0.05, 0) is 18.2 Å². The molecule has 7 nitrogen and oxygen atoms in total. The SMILES string of the molecule is N#CCCN(CCN1CCOCC1)C(=O)CNC(=O)c1cccc(F)c1. The Labute approximate surface area is 152 Å². The molecule has 26 heavy (non-hydrogen) atoms. The number of amides is 2. The summed E-state index contributed by atoms with van der Waals surface area (Å²) in [5.74, 6) is -1.28. The van der Waals surface area contributed by atoms with Gasteiger partial charge in [-0.1, -0.05) is 6.07 Å². The van der Waals surface area contributed by atoms with Crippen LogP contribution in [0, 0.1) is 17.1 Å². The van der Waals surface area contributed by atoms with E-state index in [0.29, 0.717) is 32.8 Å². The van der Waals surface area contributed by atoms with E-state index in [4.69, 9.17) is 10.00 Å². The van der Waals surface area contributed by atoms with Gasteiger partial charge in [0.15, 0.2) is 0 Å². The zero-order valence-electron chi connectivity index (χ0n) is 14.6. The third-order valence-electron chi connectivity index (χ3n) is 4.12. The molecule has 0 aliphatic carbocycles. The van der Waals surface area contributed by atoms with Crippen molar-refractivity contribution in [2.45, 2.75) is 6.42 Å². The highest BCUT2D eigenvalue weighted by atomic mass is 19.1. The van der Waals surface area contributed by atoms with Gasteiger partial charge in [0.05, 0.1) is 32.2 Å². The minimum atomic E-state index is -0.509. The maximum atomic E-state index is 13.2. The topological polar surface area (TPSA) is 85.7 Å². The van der Waals surface area contributed by atoms with E-state index in [0.717, 1.165) is 19.2 Å². The molecule has 2 rings (SSSR count). The van der Waals surface area contributed by atoms with Crippen molar-refractivity contribution in [3.63, 3.8) is 0 Å². The first-order valence-electron chi connectivity index (χ1n) is 8.58. The minimum absolute atomic E-state index is 0.162. The van der Waals surface area contributed by atoms with Crippen molar-refractivity contribution in [2.24, 2.45) is 0 Å². The smallest absolute Gasteiger partial charge is 0.251 e. The molecule has 1 heterocycles. The molecular weight excluding hydrogens is 339 g/mol. The number of carbonyl (C=O) groups is 2. The number of nitrogens with one attached hydrogen (secondary N) is 1. The highest BCUT2D eigenvalue weighted by Crippen LogP contribution is 2.03. The molecule has 1 N–H and O–H groups in total. The van der Waals surface area contributed by atoms with E-state index in [2.05, 4.69) is 10.2 Å². The Morgan fingerprint density at radius 1 is 1.31 bits per heavy atom. The van der Waals surface area contributed by atoms with Crippen molar-refractivity contribution < 1.29 is 18.7 Å². The molecule has 8 heteroatoms. The van der Waals surface area contributed by atoms with Gasteiger partial charge in [-0.25, -0.2) is 4.39 Å². The molecule has 0 atom stereocenters. The van der Waals surface area contributed by atoms with E-state index in [1.54, 1.807) is 4.90 Å². The molecule has 1 saturated heterocycles. The molecule has 140 valence electrons. The van der Waals surface area contributed by atoms with Gasteiger partial charge < -0.3 is 15.0 Å². The zero-order valence-corrected chi connectivity index (χ0v) is 14.6. The van der Waals surface area contributed by atoms with Crippen molar-refractivity contribution in [1.82, 2.24) is 15.1 Å². The molecule has 0 spiro atoms. The van der Waals surface area contributed by atoms with Crippen molar-refractivity contribution in [2.75, 3.05) is 52.5 Å². The maximum Gasteiger partial charge on any atom is 0.251 e. The van der Waals surface area contributed by atoms with Crippen molar-refractivity contribution in [3.8, 4) is 6.07 Å². The highest BCUT2D eigenvalue weighted by molar-refractivity contribution is 5.96. The number of benzene rings is 1. The molecule has 2 amide bonds. The van der Waals surface area contributed by atoms with Crippen LogP contribution >= 0.6 is 0 Å². The third-order valence-corrected chi connectivity index (χ3v) is 4.12. The van der Waals surface area contributed by atoms with Crippen LogP contribution in [0.5, 0.6) is 0 Å². The van der Waals surface area contributed by atoms with Gasteiger partial charge in [0.1, 0.15) is 5.82 Å². The van der Waals surface area contributed by atoms with E-state index in [1.165, 1.54) is 18.2 Å². The lowest BCUT2D eigenvalue weighted by molar-refractivity contribution is -0.130. The minimum Gasteiger partial charge on any atom is -0.379 e. The van der Waals surface area contributed by atoms with Crippen molar-refractivity contribution in [3.05, 3.63) is 35.6 Å². The lowest BCUT2D eigenvalue weighted by atomic mass is 10.2. The molecule has 0 aromatic heterocycles. The van der Waals surface area contributed by atoms with Crippen LogP contribution < -0.4 is 5.32 Å². The summed E-state index contributed by atoms with van der Waals surface area (Å²) in [4.78, 5) is 28.2. The Morgan fingerprint density at radius 3 is 2.77 bits per heavy atom. The van der Waals surface area contributed by atoms with Crippen LogP contribution in [0.15, 0.2) is 24.3 Å². The number of hydrogen-bond donors (Lipinski definition) is 1. The summed E-state index contributed by atoms with van der Waals surface area (Å²) >= 11 is 0. The second-order valence-corrected chi connectivity index (χ2v) is 5.94. The number of nitriles is 1. The van der Waals surface area contributed by atoms with Crippen LogP contribution in [0.1, 0.15) is 16.8 Å². The fourth-order valence-corrected chi connectivity index (χ4v) is 2.63. The lowest BCUT2D eigenvalue weighted by Crippen LogP contribution is -2.46. The number of halogens is 1. The molecule has 0 radical (unpaired) electrons. The molecule has 1 aromatic carbocycles. The molecule has 1 aliphatic rings. The van der Waals surface area contributed by atoms with Crippen LogP contribution in [0.2, 0.25) is 0 Å². The molecular formula is C18H23FN4O3. The Kier molecular flexibility index (Phi) is 7.99. The summed E-state index contributed by atoms with van der Waals surface area (Å²) in [6, 6.07) is 7.31. The molecule has 1 aromatic rings. The van der Waals surface area contributed by atoms with E-state index < -0.39 is 11.7 Å². The van der Waals surface area contributed by atoms with Crippen molar-refractivity contribution in [1.29, 1.82) is 5.26 Å². The predicted octanol–water partition coefficient (Wildman–Crippen LogP) is 0.630. The van der Waals surface area contributed by atoms with Gasteiger partial charge in [0.2, 0.25) is 5.91 Å². The van der Waals surface area contributed by atoms with Gasteiger partial charge in [-0.15, -0.1) is 0 Å². The fourth-order valence-electron chi connectivity index (χ4n) is 2.63. The summed E-state index contributed by atoms with van der Waals surface area (Å²) in [6.07, 6.45) is 0.229. The van der Waals surface area contributed by atoms with Crippen LogP contribution in [-0.4, -0.2) is 74.1 Å². The molecule has 0 unspecified atom stereocenters. The zero-order chi connectivity index (χ0) is 18.8. The number of rotatable bonds is 8. The largest absolute Gasteiger partial charge is 0.379 e. The Hall–Kier alpha value is -2.50. The number of nitrogens with zero attached hydrogens (tertiary/aromatic N) is 3. The molecule has 0 saturated carbocycles. The number of hydrogen-bond acceptors (Lipinski definition) is 5. The van der Waals surface area contributed by atoms with E-state index in [9.17, 15) is 14.0 Å². The van der Waals surface area contributed by atoms with Crippen LogP contribution in [0.25, 0.3) is 0 Å². The Bertz CT molecular complexity index is 656. The quantitative estimate of drug-likeness (QED) is 0.733. The Balaban J connectivity index is 1.84. The van der Waals surface area contributed by atoms with E-state index >= 15 is 0 Å². The first-order valence-corrected chi connectivity index (χ1v) is 8.58. The molecule has 1 aliphatic heterocycles. The van der Waals surface area contributed by atoms with E-state index in [1.807, 2.05) is 6.07 Å². The lowest BCUT2D eigenvalue weighted by Gasteiger charge is -2.30. The number of carbonyl (C=O) groups excluding carboxylic acids is 2. The average molecular weight is 362 g/mol. The second-order valence-electron chi connectivity index (χ2n) is 5.94. The summed E-state index contributed by atoms with van der Waals surface area (Å²) in [7, 11) is 0. The highest BCUT2D eigenvalue weighted by Gasteiger charge is 2.17. The number of morpholine rings is 1.